The smallest absolute Gasteiger partial charge is 0.311 e. The highest BCUT2D eigenvalue weighted by Gasteiger charge is 2.16. The molecule has 2 N–H and O–H groups in total. The van der Waals surface area contributed by atoms with Crippen LogP contribution < -0.4 is 10.6 Å². The summed E-state index contributed by atoms with van der Waals surface area (Å²) >= 11 is 0. The van der Waals surface area contributed by atoms with Crippen molar-refractivity contribution in [2.24, 2.45) is 0 Å². The first-order chi connectivity index (χ1) is 10.0. The summed E-state index contributed by atoms with van der Waals surface area (Å²) < 4.78 is 26.3. The fraction of sp³-hybridized carbons (Fsp3) is 0.154. The molecule has 0 saturated heterocycles. The summed E-state index contributed by atoms with van der Waals surface area (Å²) in [5, 5.41) is 16.4. The maximum Gasteiger partial charge on any atom is 0.311 e. The van der Waals surface area contributed by atoms with Crippen molar-refractivity contribution in [3.8, 4) is 0 Å². The third kappa shape index (κ3) is 3.41. The van der Waals surface area contributed by atoms with Crippen LogP contribution in [-0.4, -0.2) is 17.0 Å². The second kappa shape index (κ2) is 6.12. The van der Waals surface area contributed by atoms with Crippen molar-refractivity contribution in [2.75, 3.05) is 17.7 Å². The summed E-state index contributed by atoms with van der Waals surface area (Å²) in [6, 6.07) is 5.89. The van der Waals surface area contributed by atoms with Crippen LogP contribution in [0.3, 0.4) is 0 Å². The average molecular weight is 294 g/mol. The lowest BCUT2D eigenvalue weighted by Crippen LogP contribution is -2.07. The van der Waals surface area contributed by atoms with Crippen LogP contribution >= 0.6 is 0 Å². The van der Waals surface area contributed by atoms with Crippen LogP contribution in [0.1, 0.15) is 5.56 Å². The number of pyridine rings is 1. The van der Waals surface area contributed by atoms with Crippen LogP contribution in [0.5, 0.6) is 0 Å². The van der Waals surface area contributed by atoms with Crippen LogP contribution in [0, 0.1) is 21.7 Å². The molecular weight excluding hydrogens is 282 g/mol. The Balaban J connectivity index is 2.24. The van der Waals surface area contributed by atoms with Gasteiger partial charge in [-0.15, -0.1) is 0 Å². The van der Waals surface area contributed by atoms with Gasteiger partial charge in [0.1, 0.15) is 17.5 Å². The van der Waals surface area contributed by atoms with Gasteiger partial charge in [0.05, 0.1) is 4.92 Å². The van der Waals surface area contributed by atoms with Crippen molar-refractivity contribution in [3.05, 3.63) is 57.6 Å². The second-order valence-corrected chi connectivity index (χ2v) is 4.16. The number of anilines is 2. The molecule has 8 heteroatoms. The molecule has 0 unspecified atom stereocenters. The Morgan fingerprint density at radius 1 is 1.29 bits per heavy atom. The van der Waals surface area contributed by atoms with Crippen LogP contribution in [0.4, 0.5) is 26.1 Å². The number of benzene rings is 1. The minimum atomic E-state index is -0.727. The molecule has 0 atom stereocenters. The molecule has 0 aliphatic heterocycles. The van der Waals surface area contributed by atoms with Gasteiger partial charge >= 0.3 is 5.69 Å². The van der Waals surface area contributed by atoms with E-state index in [1.54, 1.807) is 7.05 Å². The van der Waals surface area contributed by atoms with Crippen molar-refractivity contribution in [2.45, 2.75) is 6.54 Å². The van der Waals surface area contributed by atoms with E-state index in [9.17, 15) is 18.9 Å². The molecule has 1 aromatic carbocycles. The molecule has 1 heterocycles. The Bertz CT molecular complexity index is 679. The normalized spacial score (nSPS) is 10.2. The predicted octanol–water partition coefficient (Wildman–Crippen LogP) is 2.92. The SMILES string of the molecule is CNc1ccc([N+](=O)[O-])c(NCc2ccc(F)cc2F)n1. The molecule has 0 spiro atoms. The van der Waals surface area contributed by atoms with Gasteiger partial charge in [0.15, 0.2) is 0 Å². The highest BCUT2D eigenvalue weighted by molar-refractivity contribution is 5.60. The first-order valence-corrected chi connectivity index (χ1v) is 6.02. The first kappa shape index (κ1) is 14.6. The van der Waals surface area contributed by atoms with Crippen LogP contribution in [0.25, 0.3) is 0 Å². The number of hydrogen-bond acceptors (Lipinski definition) is 5. The molecule has 0 amide bonds. The molecule has 0 radical (unpaired) electrons. The Morgan fingerprint density at radius 3 is 2.67 bits per heavy atom. The van der Waals surface area contributed by atoms with E-state index in [4.69, 9.17) is 0 Å². The summed E-state index contributed by atoms with van der Waals surface area (Å²) in [5.41, 5.74) is -0.0427. The Hall–Kier alpha value is -2.77. The summed E-state index contributed by atoms with van der Waals surface area (Å²) in [6.45, 7) is -0.0485. The van der Waals surface area contributed by atoms with E-state index < -0.39 is 16.6 Å². The number of aromatic nitrogens is 1. The molecule has 1 aromatic heterocycles. The topological polar surface area (TPSA) is 80.1 Å². The number of nitrogens with zero attached hydrogens (tertiary/aromatic N) is 2. The summed E-state index contributed by atoms with van der Waals surface area (Å²) in [6.07, 6.45) is 0. The van der Waals surface area contributed by atoms with Crippen LogP contribution in [-0.2, 0) is 6.54 Å². The van der Waals surface area contributed by atoms with Gasteiger partial charge in [0, 0.05) is 31.3 Å². The van der Waals surface area contributed by atoms with Crippen molar-refractivity contribution in [1.29, 1.82) is 0 Å². The molecular formula is C13H12F2N4O2. The molecule has 0 aliphatic rings. The number of nitrogens with one attached hydrogen (secondary N) is 2. The number of nitro groups is 1. The van der Waals surface area contributed by atoms with E-state index >= 15 is 0 Å². The molecule has 2 rings (SSSR count). The quantitative estimate of drug-likeness (QED) is 0.654. The van der Waals surface area contributed by atoms with E-state index in [1.807, 2.05) is 0 Å². The monoisotopic (exact) mass is 294 g/mol. The molecule has 0 fully saturated rings. The third-order valence-electron chi connectivity index (χ3n) is 2.79. The molecule has 0 saturated carbocycles. The first-order valence-electron chi connectivity index (χ1n) is 6.02. The zero-order valence-electron chi connectivity index (χ0n) is 11.1. The van der Waals surface area contributed by atoms with E-state index in [-0.39, 0.29) is 23.6 Å². The van der Waals surface area contributed by atoms with E-state index in [0.29, 0.717) is 5.82 Å². The zero-order valence-corrected chi connectivity index (χ0v) is 11.1. The minimum absolute atomic E-state index is 0.00979. The molecule has 6 nitrogen and oxygen atoms in total. The van der Waals surface area contributed by atoms with Gasteiger partial charge in [-0.25, -0.2) is 13.8 Å². The van der Waals surface area contributed by atoms with Crippen molar-refractivity contribution >= 4 is 17.3 Å². The summed E-state index contributed by atoms with van der Waals surface area (Å²) in [7, 11) is 1.62. The van der Waals surface area contributed by atoms with Crippen LogP contribution in [0.15, 0.2) is 30.3 Å². The highest BCUT2D eigenvalue weighted by Crippen LogP contribution is 2.24. The van der Waals surface area contributed by atoms with Gasteiger partial charge in [0.25, 0.3) is 0 Å². The highest BCUT2D eigenvalue weighted by atomic mass is 19.1. The fourth-order valence-electron chi connectivity index (χ4n) is 1.71. The molecule has 0 aliphatic carbocycles. The molecule has 2 aromatic rings. The van der Waals surface area contributed by atoms with Crippen molar-refractivity contribution in [1.82, 2.24) is 4.98 Å². The molecule has 110 valence electrons. The van der Waals surface area contributed by atoms with Crippen molar-refractivity contribution in [3.63, 3.8) is 0 Å². The summed E-state index contributed by atoms with van der Waals surface area (Å²) in [5.74, 6) is -0.967. The van der Waals surface area contributed by atoms with E-state index in [2.05, 4.69) is 15.6 Å². The van der Waals surface area contributed by atoms with E-state index in [1.165, 1.54) is 18.2 Å². The lowest BCUT2D eigenvalue weighted by atomic mass is 10.2. The van der Waals surface area contributed by atoms with Gasteiger partial charge in [0.2, 0.25) is 5.82 Å². The number of rotatable bonds is 5. The largest absolute Gasteiger partial charge is 0.373 e. The minimum Gasteiger partial charge on any atom is -0.373 e. The van der Waals surface area contributed by atoms with Gasteiger partial charge in [-0.1, -0.05) is 6.07 Å². The fourth-order valence-corrected chi connectivity index (χ4v) is 1.71. The lowest BCUT2D eigenvalue weighted by molar-refractivity contribution is -0.384. The van der Waals surface area contributed by atoms with Crippen molar-refractivity contribution < 1.29 is 13.7 Å². The van der Waals surface area contributed by atoms with Gasteiger partial charge in [-0.05, 0) is 12.1 Å². The second-order valence-electron chi connectivity index (χ2n) is 4.16. The maximum absolute atomic E-state index is 13.5. The molecule has 21 heavy (non-hydrogen) atoms. The number of hydrogen-bond donors (Lipinski definition) is 2. The number of halogens is 2. The average Bonchev–Trinajstić information content (AvgIpc) is 2.45. The Morgan fingerprint density at radius 2 is 2.05 bits per heavy atom. The Labute approximate surface area is 119 Å². The van der Waals surface area contributed by atoms with Gasteiger partial charge in [-0.3, -0.25) is 10.1 Å². The van der Waals surface area contributed by atoms with Crippen LogP contribution in [0.2, 0.25) is 0 Å². The standard InChI is InChI=1S/C13H12F2N4O2/c1-16-12-5-4-11(19(20)21)13(18-12)17-7-8-2-3-9(14)6-10(8)15/h2-6H,7H2,1H3,(H2,16,17,18). The zero-order chi connectivity index (χ0) is 15.4. The maximum atomic E-state index is 13.5. The van der Waals surface area contributed by atoms with E-state index in [0.717, 1.165) is 12.1 Å². The predicted molar refractivity (Wildman–Crippen MR) is 74.1 cm³/mol. The molecule has 0 bridgehead atoms. The van der Waals surface area contributed by atoms with Gasteiger partial charge in [-0.2, -0.15) is 0 Å². The lowest BCUT2D eigenvalue weighted by Gasteiger charge is -2.09. The summed E-state index contributed by atoms with van der Waals surface area (Å²) in [4.78, 5) is 14.4. The van der Waals surface area contributed by atoms with Gasteiger partial charge < -0.3 is 10.6 Å². The third-order valence-corrected chi connectivity index (χ3v) is 2.79. The Kier molecular flexibility index (Phi) is 4.27.